The maximum absolute atomic E-state index is 11.8. The zero-order valence-electron chi connectivity index (χ0n) is 24.1. The van der Waals surface area contributed by atoms with Gasteiger partial charge in [-0.05, 0) is 73.4 Å². The first kappa shape index (κ1) is 30.1. The molecule has 1 aliphatic carbocycles. The molecular formula is C29H48O7Si. The van der Waals surface area contributed by atoms with Gasteiger partial charge in [-0.1, -0.05) is 33.8 Å². The molecule has 0 N–H and O–H groups in total. The first-order valence-corrected chi connectivity index (χ1v) is 16.7. The van der Waals surface area contributed by atoms with E-state index < -0.39 is 14.1 Å². The van der Waals surface area contributed by atoms with Gasteiger partial charge in [0.15, 0.2) is 20.4 Å². The van der Waals surface area contributed by atoms with Crippen molar-refractivity contribution in [2.24, 2.45) is 11.8 Å². The minimum Gasteiger partial charge on any atom is -0.472 e. The molecule has 2 fully saturated rings. The molecule has 1 saturated carbocycles. The third-order valence-electron chi connectivity index (χ3n) is 8.22. The van der Waals surface area contributed by atoms with Crippen molar-refractivity contribution in [3.63, 3.8) is 0 Å². The van der Waals surface area contributed by atoms with Crippen molar-refractivity contribution in [1.29, 1.82) is 0 Å². The molecule has 3 rings (SSSR count). The Labute approximate surface area is 224 Å². The summed E-state index contributed by atoms with van der Waals surface area (Å²) in [4.78, 5) is 11.8. The molecule has 37 heavy (non-hydrogen) atoms. The number of allylic oxidation sites excluding steroid dienone is 2. The van der Waals surface area contributed by atoms with Crippen LogP contribution in [0.1, 0.15) is 66.7 Å². The number of esters is 1. The highest BCUT2D eigenvalue weighted by Crippen LogP contribution is 2.44. The number of hydrogen-bond donors (Lipinski definition) is 0. The summed E-state index contributed by atoms with van der Waals surface area (Å²) in [5.74, 6) is -0.870. The van der Waals surface area contributed by atoms with Crippen molar-refractivity contribution in [2.45, 2.75) is 103 Å². The van der Waals surface area contributed by atoms with Crippen molar-refractivity contribution in [3.05, 3.63) is 35.6 Å². The maximum atomic E-state index is 11.8. The first-order valence-electron chi connectivity index (χ1n) is 13.8. The lowest BCUT2D eigenvalue weighted by Gasteiger charge is -2.42. The number of carbonyl (C=O) groups is 1. The highest BCUT2D eigenvalue weighted by atomic mass is 28.4. The third kappa shape index (κ3) is 7.79. The van der Waals surface area contributed by atoms with Crippen molar-refractivity contribution in [1.82, 2.24) is 0 Å². The van der Waals surface area contributed by atoms with Gasteiger partial charge in [0.2, 0.25) is 0 Å². The van der Waals surface area contributed by atoms with Gasteiger partial charge in [-0.2, -0.15) is 0 Å². The Morgan fingerprint density at radius 2 is 1.97 bits per heavy atom. The number of hydrogen-bond acceptors (Lipinski definition) is 7. The predicted molar refractivity (Wildman–Crippen MR) is 146 cm³/mol. The standard InChI is InChI=1S/C29H48O7Si/c1-9-32-27-17-22-11-10-12-23(24(22)20-33-27)18-29(34-15-16-35-29)19-25(21(2)13-14-26(30)31-6)36-37(7,8)28(3,4)5/h13-14,18,20-22,25,27H,9-12,15-17,19H2,1-8H3/b14-13+,23-18+/t21-,22+,25-,27+/m0/s1. The molecule has 0 aromatic rings. The average molecular weight is 537 g/mol. The molecule has 2 aliphatic heterocycles. The zero-order valence-corrected chi connectivity index (χ0v) is 25.1. The summed E-state index contributed by atoms with van der Waals surface area (Å²) in [6.07, 6.45) is 11.7. The zero-order chi connectivity index (χ0) is 27.3. The topological polar surface area (TPSA) is 72.5 Å². The van der Waals surface area contributed by atoms with Gasteiger partial charge >= 0.3 is 5.97 Å². The Morgan fingerprint density at radius 3 is 2.59 bits per heavy atom. The van der Waals surface area contributed by atoms with Crippen LogP contribution in [0.15, 0.2) is 35.6 Å². The van der Waals surface area contributed by atoms with E-state index in [0.29, 0.717) is 32.2 Å². The highest BCUT2D eigenvalue weighted by molar-refractivity contribution is 6.74. The summed E-state index contributed by atoms with van der Waals surface area (Å²) >= 11 is 0. The van der Waals surface area contributed by atoms with E-state index in [0.717, 1.165) is 25.7 Å². The quantitative estimate of drug-likeness (QED) is 0.185. The van der Waals surface area contributed by atoms with E-state index >= 15 is 0 Å². The molecule has 0 amide bonds. The average Bonchev–Trinajstić information content (AvgIpc) is 3.29. The van der Waals surface area contributed by atoms with Crippen LogP contribution in [0, 0.1) is 11.8 Å². The Bertz CT molecular complexity index is 864. The SMILES string of the molecule is CCO[C@H]1C[C@H]2CCC/C(=C\C3(C[C@H](O[Si](C)(C)C(C)(C)C)[C@@H](C)/C=C/C(=O)OC)OCCO3)C2=CO1. The third-order valence-corrected chi connectivity index (χ3v) is 12.7. The van der Waals surface area contributed by atoms with Gasteiger partial charge in [0, 0.05) is 25.5 Å². The van der Waals surface area contributed by atoms with E-state index in [1.807, 2.05) is 19.3 Å². The van der Waals surface area contributed by atoms with Gasteiger partial charge in [-0.15, -0.1) is 0 Å². The van der Waals surface area contributed by atoms with Crippen LogP contribution in [0.4, 0.5) is 0 Å². The van der Waals surface area contributed by atoms with Crippen molar-refractivity contribution < 1.29 is 32.9 Å². The second-order valence-corrected chi connectivity index (χ2v) is 16.7. The fourth-order valence-corrected chi connectivity index (χ4v) is 6.40. The van der Waals surface area contributed by atoms with E-state index in [9.17, 15) is 4.79 Å². The number of rotatable bonds is 10. The van der Waals surface area contributed by atoms with Crippen LogP contribution in [0.5, 0.6) is 0 Å². The van der Waals surface area contributed by atoms with Gasteiger partial charge < -0.3 is 28.1 Å². The number of methoxy groups -OCH3 is 1. The van der Waals surface area contributed by atoms with Crippen LogP contribution in [0.25, 0.3) is 0 Å². The molecule has 2 heterocycles. The van der Waals surface area contributed by atoms with Crippen molar-refractivity contribution in [3.8, 4) is 0 Å². The molecule has 210 valence electrons. The lowest BCUT2D eigenvalue weighted by molar-refractivity contribution is -0.141. The number of carbonyl (C=O) groups excluding carboxylic acids is 1. The van der Waals surface area contributed by atoms with Gasteiger partial charge in [0.25, 0.3) is 0 Å². The second kappa shape index (κ2) is 12.6. The minimum atomic E-state index is -2.12. The molecule has 8 heteroatoms. The molecule has 4 atom stereocenters. The van der Waals surface area contributed by atoms with E-state index in [1.165, 1.54) is 24.3 Å². The minimum absolute atomic E-state index is 0.0397. The molecule has 1 saturated heterocycles. The van der Waals surface area contributed by atoms with E-state index in [2.05, 4.69) is 46.9 Å². The Morgan fingerprint density at radius 1 is 1.27 bits per heavy atom. The molecule has 0 bridgehead atoms. The summed E-state index contributed by atoms with van der Waals surface area (Å²) < 4.78 is 36.1. The normalized spacial score (nSPS) is 26.9. The number of fused-ring (bicyclic) bond motifs is 1. The smallest absolute Gasteiger partial charge is 0.330 e. The van der Waals surface area contributed by atoms with Crippen LogP contribution >= 0.6 is 0 Å². The Balaban J connectivity index is 1.90. The summed E-state index contributed by atoms with van der Waals surface area (Å²) in [6.45, 7) is 17.0. The Hall–Kier alpha value is -1.45. The summed E-state index contributed by atoms with van der Waals surface area (Å²) in [5.41, 5.74) is 2.47. The maximum Gasteiger partial charge on any atom is 0.330 e. The van der Waals surface area contributed by atoms with E-state index in [1.54, 1.807) is 0 Å². The summed E-state index contributed by atoms with van der Waals surface area (Å²) in [5, 5.41) is 0.0397. The van der Waals surface area contributed by atoms with E-state index in [4.69, 9.17) is 28.1 Å². The summed E-state index contributed by atoms with van der Waals surface area (Å²) in [7, 11) is -0.734. The van der Waals surface area contributed by atoms with Crippen molar-refractivity contribution >= 4 is 14.3 Å². The van der Waals surface area contributed by atoms with Gasteiger partial charge in [-0.25, -0.2) is 4.79 Å². The van der Waals surface area contributed by atoms with Crippen LogP contribution in [-0.2, 0) is 32.9 Å². The van der Waals surface area contributed by atoms with Crippen molar-refractivity contribution in [2.75, 3.05) is 26.9 Å². The van der Waals surface area contributed by atoms with Gasteiger partial charge in [0.05, 0.1) is 32.7 Å². The molecular weight excluding hydrogens is 488 g/mol. The van der Waals surface area contributed by atoms with Crippen LogP contribution in [-0.4, -0.2) is 59.4 Å². The van der Waals surface area contributed by atoms with Crippen LogP contribution in [0.2, 0.25) is 18.1 Å². The number of ether oxygens (including phenoxy) is 5. The lowest BCUT2D eigenvalue weighted by Crippen LogP contribution is -2.48. The fourth-order valence-electron chi connectivity index (χ4n) is 4.99. The second-order valence-electron chi connectivity index (χ2n) is 12.0. The van der Waals surface area contributed by atoms with Gasteiger partial charge in [0.1, 0.15) is 0 Å². The molecule has 7 nitrogen and oxygen atoms in total. The van der Waals surface area contributed by atoms with Gasteiger partial charge in [-0.3, -0.25) is 0 Å². The molecule has 0 aromatic carbocycles. The largest absolute Gasteiger partial charge is 0.472 e. The molecule has 0 radical (unpaired) electrons. The van der Waals surface area contributed by atoms with Crippen LogP contribution < -0.4 is 0 Å². The molecule has 0 unspecified atom stereocenters. The molecule has 0 spiro atoms. The first-order chi connectivity index (χ1) is 17.4. The highest BCUT2D eigenvalue weighted by Gasteiger charge is 2.45. The van der Waals surface area contributed by atoms with E-state index in [-0.39, 0.29) is 29.3 Å². The predicted octanol–water partition coefficient (Wildman–Crippen LogP) is 6.27. The fraction of sp³-hybridized carbons (Fsp3) is 0.759. The monoisotopic (exact) mass is 536 g/mol. The molecule has 3 aliphatic rings. The molecule has 0 aromatic heterocycles. The summed E-state index contributed by atoms with van der Waals surface area (Å²) in [6, 6.07) is 0. The lowest BCUT2D eigenvalue weighted by atomic mass is 9.77. The Kier molecular flexibility index (Phi) is 10.2. The van der Waals surface area contributed by atoms with Crippen LogP contribution in [0.3, 0.4) is 0 Å².